The van der Waals surface area contributed by atoms with Gasteiger partial charge in [-0.1, -0.05) is 23.7 Å². The number of hydrogen-bond donors (Lipinski definition) is 2. The number of rotatable bonds is 3. The lowest BCUT2D eigenvalue weighted by atomic mass is 10.2. The van der Waals surface area contributed by atoms with E-state index in [1.54, 1.807) is 18.1 Å². The van der Waals surface area contributed by atoms with Crippen LogP contribution < -0.4 is 10.6 Å². The Morgan fingerprint density at radius 1 is 1.39 bits per heavy atom. The lowest BCUT2D eigenvalue weighted by Gasteiger charge is -2.02. The van der Waals surface area contributed by atoms with E-state index in [1.165, 1.54) is 0 Å². The van der Waals surface area contributed by atoms with Crippen LogP contribution in [0.3, 0.4) is 0 Å². The van der Waals surface area contributed by atoms with Gasteiger partial charge in [0.25, 0.3) is 0 Å². The van der Waals surface area contributed by atoms with Crippen molar-refractivity contribution in [1.82, 2.24) is 20.1 Å². The summed E-state index contributed by atoms with van der Waals surface area (Å²) in [4.78, 5) is 4.11. The van der Waals surface area contributed by atoms with E-state index in [4.69, 9.17) is 23.8 Å². The second kappa shape index (κ2) is 5.79. The Hall–Kier alpha value is -1.66. The largest absolute Gasteiger partial charge is 0.365 e. The molecule has 1 aromatic carbocycles. The second-order valence-electron chi connectivity index (χ2n) is 3.60. The third-order valence-corrected chi connectivity index (χ3v) is 2.80. The van der Waals surface area contributed by atoms with Crippen LogP contribution in [0.4, 0.5) is 5.95 Å². The summed E-state index contributed by atoms with van der Waals surface area (Å²) in [6.45, 7) is 0.637. The third kappa shape index (κ3) is 3.41. The van der Waals surface area contributed by atoms with Crippen LogP contribution in [-0.2, 0) is 6.54 Å². The van der Waals surface area contributed by atoms with E-state index in [0.29, 0.717) is 17.6 Å². The maximum absolute atomic E-state index is 5.83. The van der Waals surface area contributed by atoms with Crippen LogP contribution in [-0.4, -0.2) is 26.9 Å². The van der Waals surface area contributed by atoms with E-state index in [9.17, 15) is 0 Å². The van der Waals surface area contributed by atoms with Gasteiger partial charge in [-0.25, -0.2) is 9.67 Å². The van der Waals surface area contributed by atoms with Crippen molar-refractivity contribution in [3.8, 4) is 0 Å². The van der Waals surface area contributed by atoms with E-state index < -0.39 is 0 Å². The van der Waals surface area contributed by atoms with Gasteiger partial charge in [-0.3, -0.25) is 5.32 Å². The number of anilines is 1. The molecule has 0 amide bonds. The monoisotopic (exact) mass is 281 g/mol. The molecule has 94 valence electrons. The molecular weight excluding hydrogens is 270 g/mol. The molecule has 1 aromatic heterocycles. The standard InChI is InChI=1S/C11H12ClN5S/c1-13-11(18)15-10-14-7-17(16-10)6-8-2-4-9(12)5-3-8/h2-5,7H,6H2,1H3,(H2,13,15,16,18). The van der Waals surface area contributed by atoms with E-state index in [1.807, 2.05) is 24.3 Å². The zero-order chi connectivity index (χ0) is 13.0. The van der Waals surface area contributed by atoms with Crippen LogP contribution in [0.5, 0.6) is 0 Å². The molecule has 0 spiro atoms. The first kappa shape index (κ1) is 12.8. The second-order valence-corrected chi connectivity index (χ2v) is 4.44. The predicted octanol–water partition coefficient (Wildman–Crippen LogP) is 1.90. The van der Waals surface area contributed by atoms with E-state index in [0.717, 1.165) is 10.6 Å². The fourth-order valence-corrected chi connectivity index (χ4v) is 1.59. The summed E-state index contributed by atoms with van der Waals surface area (Å²) in [5.74, 6) is 0.475. The Kier molecular flexibility index (Phi) is 4.11. The van der Waals surface area contributed by atoms with Crippen LogP contribution >= 0.6 is 23.8 Å². The first-order valence-electron chi connectivity index (χ1n) is 5.30. The summed E-state index contributed by atoms with van der Waals surface area (Å²) in [5, 5.41) is 11.1. The van der Waals surface area contributed by atoms with E-state index in [2.05, 4.69) is 20.7 Å². The van der Waals surface area contributed by atoms with Gasteiger partial charge in [-0.2, -0.15) is 0 Å². The summed E-state index contributed by atoms with van der Waals surface area (Å²) >= 11 is 10.8. The van der Waals surface area contributed by atoms with Gasteiger partial charge in [0.15, 0.2) is 5.11 Å². The molecule has 0 bridgehead atoms. The molecule has 2 aromatic rings. The highest BCUT2D eigenvalue weighted by Gasteiger charge is 2.02. The molecule has 0 fully saturated rings. The van der Waals surface area contributed by atoms with Gasteiger partial charge in [-0.15, -0.1) is 5.10 Å². The van der Waals surface area contributed by atoms with Crippen LogP contribution in [0.15, 0.2) is 30.6 Å². The highest BCUT2D eigenvalue weighted by atomic mass is 35.5. The van der Waals surface area contributed by atoms with E-state index >= 15 is 0 Å². The van der Waals surface area contributed by atoms with Crippen molar-refractivity contribution in [2.24, 2.45) is 0 Å². The van der Waals surface area contributed by atoms with Crippen molar-refractivity contribution in [3.63, 3.8) is 0 Å². The quantitative estimate of drug-likeness (QED) is 0.842. The number of aromatic nitrogens is 3. The van der Waals surface area contributed by atoms with Crippen molar-refractivity contribution < 1.29 is 0 Å². The number of thiocarbonyl (C=S) groups is 1. The van der Waals surface area contributed by atoms with Crippen LogP contribution in [0.2, 0.25) is 5.02 Å². The van der Waals surface area contributed by atoms with Crippen LogP contribution in [0.25, 0.3) is 0 Å². The van der Waals surface area contributed by atoms with Gasteiger partial charge in [0.1, 0.15) is 6.33 Å². The van der Waals surface area contributed by atoms with Crippen molar-refractivity contribution >= 4 is 34.9 Å². The van der Waals surface area contributed by atoms with Crippen molar-refractivity contribution in [2.45, 2.75) is 6.54 Å². The molecule has 0 aliphatic rings. The van der Waals surface area contributed by atoms with Crippen molar-refractivity contribution in [3.05, 3.63) is 41.2 Å². The number of nitrogens with one attached hydrogen (secondary N) is 2. The minimum Gasteiger partial charge on any atom is -0.365 e. The number of hydrogen-bond acceptors (Lipinski definition) is 3. The molecular formula is C11H12ClN5S. The Morgan fingerprint density at radius 2 is 2.11 bits per heavy atom. The highest BCUT2D eigenvalue weighted by molar-refractivity contribution is 7.80. The maximum Gasteiger partial charge on any atom is 0.248 e. The predicted molar refractivity (Wildman–Crippen MR) is 75.9 cm³/mol. The number of benzene rings is 1. The molecule has 0 radical (unpaired) electrons. The average molecular weight is 282 g/mol. The Morgan fingerprint density at radius 3 is 2.78 bits per heavy atom. The Bertz CT molecular complexity index is 537. The molecule has 2 N–H and O–H groups in total. The molecule has 1 heterocycles. The van der Waals surface area contributed by atoms with Gasteiger partial charge in [0, 0.05) is 12.1 Å². The summed E-state index contributed by atoms with van der Waals surface area (Å²) in [6.07, 6.45) is 1.65. The molecule has 18 heavy (non-hydrogen) atoms. The topological polar surface area (TPSA) is 54.8 Å². The summed E-state index contributed by atoms with van der Waals surface area (Å²) < 4.78 is 1.73. The molecule has 0 saturated heterocycles. The minimum atomic E-state index is 0.475. The zero-order valence-corrected chi connectivity index (χ0v) is 11.3. The lowest BCUT2D eigenvalue weighted by molar-refractivity contribution is 0.687. The minimum absolute atomic E-state index is 0.475. The fourth-order valence-electron chi connectivity index (χ4n) is 1.37. The number of nitrogens with zero attached hydrogens (tertiary/aromatic N) is 3. The Balaban J connectivity index is 2.02. The fraction of sp³-hybridized carbons (Fsp3) is 0.182. The van der Waals surface area contributed by atoms with Gasteiger partial charge in [0.05, 0.1) is 6.54 Å². The van der Waals surface area contributed by atoms with Gasteiger partial charge in [-0.05, 0) is 29.9 Å². The highest BCUT2D eigenvalue weighted by Crippen LogP contribution is 2.10. The summed E-state index contributed by atoms with van der Waals surface area (Å²) in [6, 6.07) is 7.61. The molecule has 0 atom stereocenters. The third-order valence-electron chi connectivity index (χ3n) is 2.25. The lowest BCUT2D eigenvalue weighted by Crippen LogP contribution is -2.24. The smallest absolute Gasteiger partial charge is 0.248 e. The maximum atomic E-state index is 5.83. The molecule has 5 nitrogen and oxygen atoms in total. The summed E-state index contributed by atoms with van der Waals surface area (Å²) in [5.41, 5.74) is 1.10. The Labute approximate surface area is 115 Å². The molecule has 7 heteroatoms. The first-order chi connectivity index (χ1) is 8.67. The zero-order valence-electron chi connectivity index (χ0n) is 9.72. The molecule has 2 rings (SSSR count). The van der Waals surface area contributed by atoms with Crippen LogP contribution in [0, 0.1) is 0 Å². The van der Waals surface area contributed by atoms with Gasteiger partial charge >= 0.3 is 0 Å². The van der Waals surface area contributed by atoms with E-state index in [-0.39, 0.29) is 0 Å². The van der Waals surface area contributed by atoms with Crippen molar-refractivity contribution in [2.75, 3.05) is 12.4 Å². The molecule has 0 saturated carbocycles. The summed E-state index contributed by atoms with van der Waals surface area (Å²) in [7, 11) is 1.74. The molecule has 0 aliphatic carbocycles. The van der Waals surface area contributed by atoms with Gasteiger partial charge in [0.2, 0.25) is 5.95 Å². The first-order valence-corrected chi connectivity index (χ1v) is 6.08. The van der Waals surface area contributed by atoms with Gasteiger partial charge < -0.3 is 5.32 Å². The molecule has 0 unspecified atom stereocenters. The van der Waals surface area contributed by atoms with Crippen molar-refractivity contribution in [1.29, 1.82) is 0 Å². The average Bonchev–Trinajstić information content (AvgIpc) is 2.79. The number of halogens is 1. The molecule has 0 aliphatic heterocycles. The SMILES string of the molecule is CNC(=S)Nc1ncn(Cc2ccc(Cl)cc2)n1. The van der Waals surface area contributed by atoms with Crippen LogP contribution in [0.1, 0.15) is 5.56 Å². The normalized spacial score (nSPS) is 10.1.